The van der Waals surface area contributed by atoms with Gasteiger partial charge in [-0.05, 0) is 42.0 Å². The Kier molecular flexibility index (Phi) is 5.01. The molecule has 23 heavy (non-hydrogen) atoms. The van der Waals surface area contributed by atoms with Crippen LogP contribution in [-0.4, -0.2) is 13.1 Å². The minimum absolute atomic E-state index is 0.381. The molecule has 0 atom stereocenters. The fourth-order valence-electron chi connectivity index (χ4n) is 2.73. The molecule has 0 saturated heterocycles. The van der Waals surface area contributed by atoms with Gasteiger partial charge >= 0.3 is 5.97 Å². The number of hydrogen-bond donors (Lipinski definition) is 0. The number of rotatable bonds is 5. The van der Waals surface area contributed by atoms with E-state index in [0.29, 0.717) is 23.8 Å². The lowest BCUT2D eigenvalue weighted by Gasteiger charge is -2.27. The Morgan fingerprint density at radius 1 is 1.22 bits per heavy atom. The van der Waals surface area contributed by atoms with Crippen LogP contribution in [0.3, 0.4) is 0 Å². The molecule has 0 spiro atoms. The van der Waals surface area contributed by atoms with Crippen molar-refractivity contribution < 1.29 is 14.3 Å². The van der Waals surface area contributed by atoms with E-state index in [-0.39, 0.29) is 5.97 Å². The molecule has 0 N–H and O–H groups in total. The smallest absolute Gasteiger partial charge is 0.341 e. The van der Waals surface area contributed by atoms with Crippen LogP contribution in [0.2, 0.25) is 0 Å². The molecule has 0 bridgehead atoms. The zero-order chi connectivity index (χ0) is 16.2. The van der Waals surface area contributed by atoms with Crippen molar-refractivity contribution in [3.8, 4) is 5.75 Å². The predicted octanol–water partition coefficient (Wildman–Crippen LogP) is 5.08. The van der Waals surface area contributed by atoms with Gasteiger partial charge in [0.05, 0.1) is 7.11 Å². The number of carbonyl (C=O) groups excluding carboxylic acids is 1. The first-order valence-electron chi connectivity index (χ1n) is 7.77. The number of benzene rings is 2. The van der Waals surface area contributed by atoms with E-state index in [1.54, 1.807) is 0 Å². The standard InChI is InChI=1S/C19H19BrO3/c1-22-19(21)16-10-17(20)15(14-8-5-9-14)11-18(16)23-12-13-6-3-2-4-7-13/h2-4,6-7,10-11,14H,5,8-9,12H2,1H3. The number of ether oxygens (including phenoxy) is 2. The maximum absolute atomic E-state index is 12.0. The maximum atomic E-state index is 12.0. The van der Waals surface area contributed by atoms with E-state index in [1.807, 2.05) is 42.5 Å². The van der Waals surface area contributed by atoms with Gasteiger partial charge in [0.15, 0.2) is 0 Å². The SMILES string of the molecule is COC(=O)c1cc(Br)c(C2CCC2)cc1OCc1ccccc1. The highest BCUT2D eigenvalue weighted by molar-refractivity contribution is 9.10. The third-order valence-corrected chi connectivity index (χ3v) is 4.97. The van der Waals surface area contributed by atoms with Crippen LogP contribution in [0.15, 0.2) is 46.9 Å². The molecule has 0 radical (unpaired) electrons. The van der Waals surface area contributed by atoms with Gasteiger partial charge in [0.1, 0.15) is 17.9 Å². The van der Waals surface area contributed by atoms with Crippen molar-refractivity contribution in [1.82, 2.24) is 0 Å². The Morgan fingerprint density at radius 2 is 1.96 bits per heavy atom. The molecular weight excluding hydrogens is 356 g/mol. The largest absolute Gasteiger partial charge is 0.488 e. The highest BCUT2D eigenvalue weighted by Crippen LogP contribution is 2.42. The van der Waals surface area contributed by atoms with E-state index in [1.165, 1.54) is 31.9 Å². The van der Waals surface area contributed by atoms with Crippen LogP contribution < -0.4 is 4.74 Å². The van der Waals surface area contributed by atoms with E-state index >= 15 is 0 Å². The molecule has 2 aromatic rings. The third-order valence-electron chi connectivity index (χ3n) is 4.29. The molecule has 3 nitrogen and oxygen atoms in total. The Morgan fingerprint density at radius 3 is 2.57 bits per heavy atom. The van der Waals surface area contributed by atoms with Crippen LogP contribution in [0.25, 0.3) is 0 Å². The van der Waals surface area contributed by atoms with Crippen LogP contribution in [0, 0.1) is 0 Å². The van der Waals surface area contributed by atoms with Crippen molar-refractivity contribution in [2.24, 2.45) is 0 Å². The summed E-state index contributed by atoms with van der Waals surface area (Å²) in [5.74, 6) is 0.759. The number of halogens is 1. The van der Waals surface area contributed by atoms with Crippen molar-refractivity contribution in [1.29, 1.82) is 0 Å². The van der Waals surface area contributed by atoms with Gasteiger partial charge in [-0.25, -0.2) is 4.79 Å². The highest BCUT2D eigenvalue weighted by Gasteiger charge is 2.25. The molecule has 120 valence electrons. The van der Waals surface area contributed by atoms with Crippen molar-refractivity contribution >= 4 is 21.9 Å². The molecule has 0 heterocycles. The topological polar surface area (TPSA) is 35.5 Å². The lowest BCUT2D eigenvalue weighted by molar-refractivity contribution is 0.0595. The van der Waals surface area contributed by atoms with Crippen molar-refractivity contribution in [2.75, 3.05) is 7.11 Å². The molecular formula is C19H19BrO3. The number of methoxy groups -OCH3 is 1. The fraction of sp³-hybridized carbons (Fsp3) is 0.316. The fourth-order valence-corrected chi connectivity index (χ4v) is 3.39. The molecule has 1 aliphatic carbocycles. The molecule has 0 unspecified atom stereocenters. The predicted molar refractivity (Wildman–Crippen MR) is 92.8 cm³/mol. The van der Waals surface area contributed by atoms with E-state index in [2.05, 4.69) is 15.9 Å². The van der Waals surface area contributed by atoms with Crippen LogP contribution in [0.4, 0.5) is 0 Å². The summed E-state index contributed by atoms with van der Waals surface area (Å²) >= 11 is 3.59. The summed E-state index contributed by atoms with van der Waals surface area (Å²) in [6.07, 6.45) is 3.64. The first-order chi connectivity index (χ1) is 11.2. The van der Waals surface area contributed by atoms with Gasteiger partial charge in [-0.3, -0.25) is 0 Å². The van der Waals surface area contributed by atoms with Gasteiger partial charge in [0.25, 0.3) is 0 Å². The minimum atomic E-state index is -0.381. The second-order valence-corrected chi connectivity index (χ2v) is 6.62. The van der Waals surface area contributed by atoms with Crippen LogP contribution in [0.5, 0.6) is 5.75 Å². The van der Waals surface area contributed by atoms with E-state index in [4.69, 9.17) is 9.47 Å². The van der Waals surface area contributed by atoms with Gasteiger partial charge < -0.3 is 9.47 Å². The normalized spacial score (nSPS) is 14.2. The molecule has 4 heteroatoms. The molecule has 2 aromatic carbocycles. The van der Waals surface area contributed by atoms with E-state index < -0.39 is 0 Å². The van der Waals surface area contributed by atoms with Crippen molar-refractivity contribution in [3.63, 3.8) is 0 Å². The van der Waals surface area contributed by atoms with E-state index in [0.717, 1.165) is 10.0 Å². The number of hydrogen-bond acceptors (Lipinski definition) is 3. The minimum Gasteiger partial charge on any atom is -0.488 e. The maximum Gasteiger partial charge on any atom is 0.341 e. The van der Waals surface area contributed by atoms with Crippen molar-refractivity contribution in [3.05, 3.63) is 63.6 Å². The Labute approximate surface area is 144 Å². The molecule has 0 aliphatic heterocycles. The zero-order valence-corrected chi connectivity index (χ0v) is 14.6. The molecule has 1 fully saturated rings. The van der Waals surface area contributed by atoms with Gasteiger partial charge in [-0.2, -0.15) is 0 Å². The lowest BCUT2D eigenvalue weighted by Crippen LogP contribution is -2.12. The first-order valence-corrected chi connectivity index (χ1v) is 8.57. The number of carbonyl (C=O) groups is 1. The summed E-state index contributed by atoms with van der Waals surface area (Å²) in [4.78, 5) is 12.0. The second-order valence-electron chi connectivity index (χ2n) is 5.76. The monoisotopic (exact) mass is 374 g/mol. The molecule has 3 rings (SSSR count). The Hall–Kier alpha value is -1.81. The number of esters is 1. The molecule has 1 aliphatic rings. The van der Waals surface area contributed by atoms with Crippen LogP contribution >= 0.6 is 15.9 Å². The zero-order valence-electron chi connectivity index (χ0n) is 13.0. The quantitative estimate of drug-likeness (QED) is 0.684. The van der Waals surface area contributed by atoms with Gasteiger partial charge in [-0.1, -0.05) is 52.7 Å². The summed E-state index contributed by atoms with van der Waals surface area (Å²) in [7, 11) is 1.39. The van der Waals surface area contributed by atoms with E-state index in [9.17, 15) is 4.79 Å². The lowest BCUT2D eigenvalue weighted by atomic mass is 9.80. The van der Waals surface area contributed by atoms with Gasteiger partial charge in [0, 0.05) is 4.47 Å². The summed E-state index contributed by atoms with van der Waals surface area (Å²) in [5.41, 5.74) is 2.74. The molecule has 0 aromatic heterocycles. The van der Waals surface area contributed by atoms with Crippen LogP contribution in [0.1, 0.15) is 46.7 Å². The summed E-state index contributed by atoms with van der Waals surface area (Å²) in [6, 6.07) is 13.7. The Bertz CT molecular complexity index is 693. The third kappa shape index (κ3) is 3.58. The summed E-state index contributed by atoms with van der Waals surface area (Å²) in [6.45, 7) is 0.427. The Balaban J connectivity index is 1.89. The average molecular weight is 375 g/mol. The summed E-state index contributed by atoms with van der Waals surface area (Å²) in [5, 5.41) is 0. The molecule has 1 saturated carbocycles. The van der Waals surface area contributed by atoms with Crippen molar-refractivity contribution in [2.45, 2.75) is 31.8 Å². The molecule has 0 amide bonds. The van der Waals surface area contributed by atoms with Gasteiger partial charge in [-0.15, -0.1) is 0 Å². The van der Waals surface area contributed by atoms with Crippen LogP contribution in [-0.2, 0) is 11.3 Å². The highest BCUT2D eigenvalue weighted by atomic mass is 79.9. The van der Waals surface area contributed by atoms with Gasteiger partial charge in [0.2, 0.25) is 0 Å². The average Bonchev–Trinajstić information content (AvgIpc) is 2.53. The first kappa shape index (κ1) is 16.1. The second kappa shape index (κ2) is 7.18. The summed E-state index contributed by atoms with van der Waals surface area (Å²) < 4.78 is 11.8.